The van der Waals surface area contributed by atoms with Gasteiger partial charge < -0.3 is 23.7 Å². The molecule has 9 nitrogen and oxygen atoms in total. The van der Waals surface area contributed by atoms with Crippen LogP contribution in [-0.2, 0) is 0 Å². The molecule has 2 heterocycles. The summed E-state index contributed by atoms with van der Waals surface area (Å²) >= 11 is 0. The Kier molecular flexibility index (Phi) is 5.20. The lowest BCUT2D eigenvalue weighted by Crippen LogP contribution is -2.20. The Morgan fingerprint density at radius 3 is 2.17 bits per heavy atom. The molecule has 0 atom stereocenters. The number of aromatic nitrogens is 1. The van der Waals surface area contributed by atoms with Gasteiger partial charge in [0.15, 0.2) is 23.0 Å². The molecule has 0 bridgehead atoms. The van der Waals surface area contributed by atoms with Crippen LogP contribution in [0.25, 0.3) is 22.0 Å². The Hall–Kier alpha value is -3.72. The number of nitrogens with one attached hydrogen (secondary N) is 1. The molecular formula is C21H20N2O7. The van der Waals surface area contributed by atoms with E-state index in [0.29, 0.717) is 58.6 Å². The van der Waals surface area contributed by atoms with Gasteiger partial charge in [-0.05, 0) is 35.7 Å². The Morgan fingerprint density at radius 2 is 1.60 bits per heavy atom. The Balaban J connectivity index is 2.02. The van der Waals surface area contributed by atoms with E-state index in [9.17, 15) is 4.79 Å². The van der Waals surface area contributed by atoms with E-state index in [-0.39, 0.29) is 5.69 Å². The second kappa shape index (κ2) is 7.96. The molecule has 2 N–H and O–H groups in total. The first-order valence-electron chi connectivity index (χ1n) is 9.08. The minimum absolute atomic E-state index is 0.0328. The van der Waals surface area contributed by atoms with Crippen molar-refractivity contribution in [2.75, 3.05) is 34.5 Å². The van der Waals surface area contributed by atoms with E-state index in [1.807, 2.05) is 6.07 Å². The SMILES string of the molecule is COc1cc(-c2nc(C(=O)NO)cc3cc4c(cc23)OCCO4)cc(OC)c1OC. The number of carbonyl (C=O) groups excluding carboxylic acids is 1. The summed E-state index contributed by atoms with van der Waals surface area (Å²) < 4.78 is 27.6. The summed E-state index contributed by atoms with van der Waals surface area (Å²) in [6.45, 7) is 0.879. The van der Waals surface area contributed by atoms with E-state index in [4.69, 9.17) is 28.9 Å². The van der Waals surface area contributed by atoms with E-state index < -0.39 is 5.91 Å². The van der Waals surface area contributed by atoms with Gasteiger partial charge in [-0.1, -0.05) is 0 Å². The molecule has 156 valence electrons. The third-order valence-electron chi connectivity index (χ3n) is 4.77. The zero-order valence-corrected chi connectivity index (χ0v) is 16.6. The Bertz CT molecular complexity index is 1110. The molecule has 4 rings (SSSR count). The van der Waals surface area contributed by atoms with Crippen molar-refractivity contribution < 1.29 is 33.7 Å². The van der Waals surface area contributed by atoms with Crippen LogP contribution in [0.4, 0.5) is 0 Å². The maximum Gasteiger partial charge on any atom is 0.293 e. The second-order valence-electron chi connectivity index (χ2n) is 6.43. The summed E-state index contributed by atoms with van der Waals surface area (Å²) in [5.41, 5.74) is 2.75. The summed E-state index contributed by atoms with van der Waals surface area (Å²) in [6, 6.07) is 8.64. The summed E-state index contributed by atoms with van der Waals surface area (Å²) in [7, 11) is 4.55. The topological polar surface area (TPSA) is 108 Å². The summed E-state index contributed by atoms with van der Waals surface area (Å²) in [5.74, 6) is 1.74. The average molecular weight is 412 g/mol. The summed E-state index contributed by atoms with van der Waals surface area (Å²) in [5, 5.41) is 10.5. The molecule has 0 unspecified atom stereocenters. The van der Waals surface area contributed by atoms with Crippen molar-refractivity contribution >= 4 is 16.7 Å². The lowest BCUT2D eigenvalue weighted by molar-refractivity contribution is 0.0701. The normalized spacial score (nSPS) is 12.4. The van der Waals surface area contributed by atoms with E-state index >= 15 is 0 Å². The third-order valence-corrected chi connectivity index (χ3v) is 4.77. The molecule has 9 heteroatoms. The first kappa shape index (κ1) is 19.6. The Labute approximate surface area is 172 Å². The fraction of sp³-hybridized carbons (Fsp3) is 0.238. The van der Waals surface area contributed by atoms with Gasteiger partial charge in [0.25, 0.3) is 5.91 Å². The number of hydrogen-bond donors (Lipinski definition) is 2. The zero-order valence-electron chi connectivity index (χ0n) is 16.6. The number of amides is 1. The molecule has 3 aromatic rings. The number of ether oxygens (including phenoxy) is 5. The zero-order chi connectivity index (χ0) is 21.3. The summed E-state index contributed by atoms with van der Waals surface area (Å²) in [6.07, 6.45) is 0. The van der Waals surface area contributed by atoms with Crippen molar-refractivity contribution in [2.24, 2.45) is 0 Å². The van der Waals surface area contributed by atoms with Gasteiger partial charge >= 0.3 is 0 Å². The van der Waals surface area contributed by atoms with Gasteiger partial charge in [0.1, 0.15) is 18.9 Å². The number of methoxy groups -OCH3 is 3. The highest BCUT2D eigenvalue weighted by Crippen LogP contribution is 2.44. The minimum Gasteiger partial charge on any atom is -0.493 e. The van der Waals surface area contributed by atoms with Crippen LogP contribution in [0.1, 0.15) is 10.5 Å². The third kappa shape index (κ3) is 3.29. The van der Waals surface area contributed by atoms with Crippen LogP contribution in [0.3, 0.4) is 0 Å². The number of hydrogen-bond acceptors (Lipinski definition) is 8. The number of nitrogens with zero attached hydrogens (tertiary/aromatic N) is 1. The molecule has 1 aromatic heterocycles. The van der Waals surface area contributed by atoms with Crippen molar-refractivity contribution in [3.05, 3.63) is 36.0 Å². The lowest BCUT2D eigenvalue weighted by atomic mass is 10.0. The molecule has 0 saturated heterocycles. The molecule has 0 fully saturated rings. The molecule has 1 aliphatic heterocycles. The molecule has 1 aliphatic rings. The van der Waals surface area contributed by atoms with Crippen molar-refractivity contribution in [3.63, 3.8) is 0 Å². The monoisotopic (exact) mass is 412 g/mol. The second-order valence-corrected chi connectivity index (χ2v) is 6.43. The van der Waals surface area contributed by atoms with Gasteiger partial charge in [0, 0.05) is 10.9 Å². The molecule has 0 radical (unpaired) electrons. The van der Waals surface area contributed by atoms with E-state index in [1.165, 1.54) is 21.3 Å². The van der Waals surface area contributed by atoms with E-state index in [1.54, 1.807) is 29.7 Å². The number of pyridine rings is 1. The average Bonchev–Trinajstić information content (AvgIpc) is 2.80. The number of carbonyl (C=O) groups is 1. The van der Waals surface area contributed by atoms with Gasteiger partial charge in [-0.15, -0.1) is 0 Å². The first-order valence-corrected chi connectivity index (χ1v) is 9.08. The minimum atomic E-state index is -0.736. The van der Waals surface area contributed by atoms with Gasteiger partial charge in [0.05, 0.1) is 27.0 Å². The van der Waals surface area contributed by atoms with Crippen LogP contribution in [0.2, 0.25) is 0 Å². The highest BCUT2D eigenvalue weighted by atomic mass is 16.6. The molecular weight excluding hydrogens is 392 g/mol. The fourth-order valence-electron chi connectivity index (χ4n) is 3.40. The maximum atomic E-state index is 12.1. The van der Waals surface area contributed by atoms with Crippen LogP contribution < -0.4 is 29.2 Å². The van der Waals surface area contributed by atoms with E-state index in [0.717, 1.165) is 5.39 Å². The predicted molar refractivity (Wildman–Crippen MR) is 107 cm³/mol. The highest BCUT2D eigenvalue weighted by Gasteiger charge is 2.21. The van der Waals surface area contributed by atoms with Crippen LogP contribution in [0, 0.1) is 0 Å². The number of fused-ring (bicyclic) bond motifs is 2. The first-order chi connectivity index (χ1) is 14.6. The quantitative estimate of drug-likeness (QED) is 0.487. The van der Waals surface area contributed by atoms with Crippen molar-refractivity contribution in [2.45, 2.75) is 0 Å². The van der Waals surface area contributed by atoms with Gasteiger partial charge in [-0.25, -0.2) is 10.5 Å². The molecule has 2 aromatic carbocycles. The van der Waals surface area contributed by atoms with Crippen molar-refractivity contribution in [1.82, 2.24) is 10.5 Å². The molecule has 1 amide bonds. The number of rotatable bonds is 5. The highest BCUT2D eigenvalue weighted by molar-refractivity contribution is 6.02. The largest absolute Gasteiger partial charge is 0.493 e. The molecule has 0 aliphatic carbocycles. The molecule has 0 saturated carbocycles. The molecule has 0 spiro atoms. The van der Waals surface area contributed by atoms with Crippen LogP contribution in [0.15, 0.2) is 30.3 Å². The summed E-state index contributed by atoms with van der Waals surface area (Å²) in [4.78, 5) is 16.6. The van der Waals surface area contributed by atoms with Gasteiger partial charge in [-0.3, -0.25) is 10.0 Å². The maximum absolute atomic E-state index is 12.1. The lowest BCUT2D eigenvalue weighted by Gasteiger charge is -2.20. The predicted octanol–water partition coefficient (Wildman–Crippen LogP) is 2.82. The van der Waals surface area contributed by atoms with E-state index in [2.05, 4.69) is 4.98 Å². The van der Waals surface area contributed by atoms with Crippen molar-refractivity contribution in [1.29, 1.82) is 0 Å². The molecule has 30 heavy (non-hydrogen) atoms. The number of benzene rings is 2. The van der Waals surface area contributed by atoms with Gasteiger partial charge in [-0.2, -0.15) is 0 Å². The van der Waals surface area contributed by atoms with Gasteiger partial charge in [0.2, 0.25) is 5.75 Å². The van der Waals surface area contributed by atoms with Crippen LogP contribution in [0.5, 0.6) is 28.7 Å². The Morgan fingerprint density at radius 1 is 0.967 bits per heavy atom. The van der Waals surface area contributed by atoms with Crippen LogP contribution in [-0.4, -0.2) is 50.6 Å². The fourth-order valence-corrected chi connectivity index (χ4v) is 3.40. The van der Waals surface area contributed by atoms with Crippen molar-refractivity contribution in [3.8, 4) is 40.0 Å². The number of hydroxylamine groups is 1. The standard InChI is InChI=1S/C21H20N2O7/c1-26-17-8-12(9-18(27-2)20(17)28-3)19-13-10-16-15(29-4-5-30-16)7-11(13)6-14(22-19)21(24)23-25/h6-10,25H,4-5H2,1-3H3,(H,23,24). The van der Waals surface area contributed by atoms with Crippen LogP contribution >= 0.6 is 0 Å². The smallest absolute Gasteiger partial charge is 0.293 e.